The van der Waals surface area contributed by atoms with E-state index >= 15 is 0 Å². The number of nitrogens with one attached hydrogen (secondary N) is 1. The third-order valence-corrected chi connectivity index (χ3v) is 4.80. The van der Waals surface area contributed by atoms with E-state index in [4.69, 9.17) is 19.3 Å². The first-order chi connectivity index (χ1) is 13.9. The maximum absolute atomic E-state index is 12.7. The Labute approximate surface area is 172 Å². The van der Waals surface area contributed by atoms with Crippen LogP contribution >= 0.6 is 11.3 Å². The second-order valence-corrected chi connectivity index (χ2v) is 7.77. The summed E-state index contributed by atoms with van der Waals surface area (Å²) < 4.78 is 16.8. The van der Waals surface area contributed by atoms with Gasteiger partial charge < -0.3 is 19.3 Å². The van der Waals surface area contributed by atoms with Crippen molar-refractivity contribution >= 4 is 28.3 Å². The Bertz CT molecular complexity index is 863. The number of rotatable bonds is 9. The summed E-state index contributed by atoms with van der Waals surface area (Å²) in [6.45, 7) is 5.56. The zero-order valence-electron chi connectivity index (χ0n) is 16.2. The highest BCUT2D eigenvalue weighted by Crippen LogP contribution is 2.23. The molecule has 0 saturated carbocycles. The molecule has 1 aliphatic rings. The van der Waals surface area contributed by atoms with Crippen LogP contribution in [0.2, 0.25) is 0 Å². The number of anilines is 1. The number of nitrogens with zero attached hydrogens (tertiary/aromatic N) is 2. The summed E-state index contributed by atoms with van der Waals surface area (Å²) in [5, 5.41) is 13.4. The molecule has 1 unspecified atom stereocenters. The Hall–Kier alpha value is -2.72. The van der Waals surface area contributed by atoms with E-state index in [0.717, 1.165) is 24.4 Å². The zero-order valence-corrected chi connectivity index (χ0v) is 17.0. The van der Waals surface area contributed by atoms with Crippen LogP contribution in [-0.2, 0) is 16.0 Å². The average Bonchev–Trinajstić information content (AvgIpc) is 3.31. The molecule has 0 radical (unpaired) electrons. The molecule has 10 heteroatoms. The molecule has 3 rings (SSSR count). The number of thiazole rings is 1. The van der Waals surface area contributed by atoms with Crippen LogP contribution in [0.15, 0.2) is 17.5 Å². The van der Waals surface area contributed by atoms with Gasteiger partial charge >= 0.3 is 5.97 Å². The Kier molecular flexibility index (Phi) is 6.99. The number of ether oxygens (including phenoxy) is 3. The minimum absolute atomic E-state index is 0.116. The number of aromatic nitrogens is 2. The molecule has 0 aliphatic carbocycles. The molecular formula is C19H23N3O6S. The lowest BCUT2D eigenvalue weighted by Crippen LogP contribution is -2.16. The van der Waals surface area contributed by atoms with Crippen LogP contribution < -0.4 is 14.8 Å². The molecule has 156 valence electrons. The number of carbonyl (C=O) groups is 2. The molecule has 0 bridgehead atoms. The van der Waals surface area contributed by atoms with Gasteiger partial charge in [-0.2, -0.15) is 4.98 Å². The Morgan fingerprint density at radius 3 is 2.83 bits per heavy atom. The maximum atomic E-state index is 12.7. The van der Waals surface area contributed by atoms with Crippen LogP contribution in [-0.4, -0.2) is 52.9 Å². The third-order valence-electron chi connectivity index (χ3n) is 3.99. The van der Waals surface area contributed by atoms with E-state index in [2.05, 4.69) is 15.3 Å². The first kappa shape index (κ1) is 21.0. The van der Waals surface area contributed by atoms with E-state index in [1.165, 1.54) is 6.07 Å². The molecule has 3 heterocycles. The van der Waals surface area contributed by atoms with Crippen molar-refractivity contribution in [3.05, 3.63) is 28.8 Å². The van der Waals surface area contributed by atoms with Crippen LogP contribution in [0.4, 0.5) is 5.13 Å². The van der Waals surface area contributed by atoms with Crippen LogP contribution in [0.3, 0.4) is 0 Å². The van der Waals surface area contributed by atoms with Gasteiger partial charge in [0.2, 0.25) is 11.8 Å². The third kappa shape index (κ3) is 6.40. The average molecular weight is 421 g/mol. The smallest absolute Gasteiger partial charge is 0.309 e. The highest BCUT2D eigenvalue weighted by atomic mass is 32.1. The lowest BCUT2D eigenvalue weighted by molar-refractivity contribution is -0.136. The Morgan fingerprint density at radius 1 is 1.34 bits per heavy atom. The fourth-order valence-electron chi connectivity index (χ4n) is 2.68. The number of amides is 1. The van der Waals surface area contributed by atoms with E-state index in [1.54, 1.807) is 11.4 Å². The highest BCUT2D eigenvalue weighted by Gasteiger charge is 2.19. The molecule has 1 atom stereocenters. The van der Waals surface area contributed by atoms with Crippen LogP contribution in [0.1, 0.15) is 36.3 Å². The molecule has 9 nitrogen and oxygen atoms in total. The molecule has 1 amide bonds. The Morgan fingerprint density at radius 2 is 2.14 bits per heavy atom. The lowest BCUT2D eigenvalue weighted by Gasteiger charge is -2.14. The van der Waals surface area contributed by atoms with Gasteiger partial charge in [-0.05, 0) is 20.3 Å². The second kappa shape index (κ2) is 9.66. The van der Waals surface area contributed by atoms with Crippen molar-refractivity contribution in [1.82, 2.24) is 9.97 Å². The van der Waals surface area contributed by atoms with Crippen LogP contribution in [0, 0.1) is 5.92 Å². The standard InChI is InChI=1S/C19H23N3O6S/c1-11(2)28-16-6-13(5-15(21-16)27-9-12-3-4-26-8-12)18(25)22-19-20-14(10-29-19)7-17(23)24/h5-6,10-12H,3-4,7-9H2,1-2H3,(H,23,24)(H,20,22,25). The topological polar surface area (TPSA) is 120 Å². The van der Waals surface area contributed by atoms with Gasteiger partial charge in [0.15, 0.2) is 5.13 Å². The number of carboxylic acids is 1. The van der Waals surface area contributed by atoms with E-state index in [-0.39, 0.29) is 18.4 Å². The van der Waals surface area contributed by atoms with E-state index in [9.17, 15) is 9.59 Å². The number of carbonyl (C=O) groups excluding carboxylic acids is 1. The summed E-state index contributed by atoms with van der Waals surface area (Å²) in [6.07, 6.45) is 0.615. The number of hydrogen-bond acceptors (Lipinski definition) is 8. The largest absolute Gasteiger partial charge is 0.481 e. The molecule has 0 spiro atoms. The minimum Gasteiger partial charge on any atom is -0.481 e. The van der Waals surface area contributed by atoms with Crippen molar-refractivity contribution in [2.75, 3.05) is 25.1 Å². The van der Waals surface area contributed by atoms with Gasteiger partial charge in [0.1, 0.15) is 0 Å². The summed E-state index contributed by atoms with van der Waals surface area (Å²) in [4.78, 5) is 31.9. The molecule has 2 aromatic rings. The summed E-state index contributed by atoms with van der Waals surface area (Å²) >= 11 is 1.16. The summed E-state index contributed by atoms with van der Waals surface area (Å²) in [7, 11) is 0. The van der Waals surface area contributed by atoms with Gasteiger partial charge in [0, 0.05) is 30.0 Å². The monoisotopic (exact) mass is 421 g/mol. The van der Waals surface area contributed by atoms with Gasteiger partial charge in [-0.3, -0.25) is 14.9 Å². The van der Waals surface area contributed by atoms with Crippen molar-refractivity contribution in [1.29, 1.82) is 0 Å². The van der Waals surface area contributed by atoms with Crippen LogP contribution in [0.5, 0.6) is 11.8 Å². The molecule has 2 N–H and O–H groups in total. The number of hydrogen-bond donors (Lipinski definition) is 2. The quantitative estimate of drug-likeness (QED) is 0.634. The minimum atomic E-state index is -0.979. The van der Waals surface area contributed by atoms with Crippen molar-refractivity contribution < 1.29 is 28.9 Å². The molecular weight excluding hydrogens is 398 g/mol. The SMILES string of the molecule is CC(C)Oc1cc(C(=O)Nc2nc(CC(=O)O)cs2)cc(OCC2CCOC2)n1. The fraction of sp³-hybridized carbons (Fsp3) is 0.474. The number of carboxylic acid groups (broad SMARTS) is 1. The van der Waals surface area contributed by atoms with Crippen molar-refractivity contribution in [2.45, 2.75) is 32.8 Å². The number of aliphatic carboxylic acids is 1. The normalized spacial score (nSPS) is 16.0. The Balaban J connectivity index is 1.72. The van der Waals surface area contributed by atoms with Crippen molar-refractivity contribution in [3.8, 4) is 11.8 Å². The zero-order chi connectivity index (χ0) is 20.8. The molecule has 1 aliphatic heterocycles. The molecule has 1 saturated heterocycles. The summed E-state index contributed by atoms with van der Waals surface area (Å²) in [5.74, 6) is -0.507. The van der Waals surface area contributed by atoms with Crippen molar-refractivity contribution in [2.24, 2.45) is 5.92 Å². The first-order valence-electron chi connectivity index (χ1n) is 9.26. The fourth-order valence-corrected chi connectivity index (χ4v) is 3.38. The van der Waals surface area contributed by atoms with E-state index < -0.39 is 11.9 Å². The summed E-state index contributed by atoms with van der Waals surface area (Å²) in [6, 6.07) is 3.08. The predicted octanol–water partition coefficient (Wildman–Crippen LogP) is 2.62. The van der Waals surface area contributed by atoms with Crippen molar-refractivity contribution in [3.63, 3.8) is 0 Å². The van der Waals surface area contributed by atoms with Gasteiger partial charge in [0.25, 0.3) is 5.91 Å². The van der Waals surface area contributed by atoms with E-state index in [1.807, 2.05) is 13.8 Å². The van der Waals surface area contributed by atoms with E-state index in [0.29, 0.717) is 41.4 Å². The number of pyridine rings is 1. The van der Waals surface area contributed by atoms with Crippen LogP contribution in [0.25, 0.3) is 0 Å². The maximum Gasteiger partial charge on any atom is 0.309 e. The second-order valence-electron chi connectivity index (χ2n) is 6.91. The molecule has 29 heavy (non-hydrogen) atoms. The first-order valence-corrected chi connectivity index (χ1v) is 10.1. The molecule has 1 fully saturated rings. The predicted molar refractivity (Wildman–Crippen MR) is 106 cm³/mol. The lowest BCUT2D eigenvalue weighted by atomic mass is 10.1. The van der Waals surface area contributed by atoms with Gasteiger partial charge in [-0.1, -0.05) is 0 Å². The van der Waals surface area contributed by atoms with Gasteiger partial charge in [0.05, 0.1) is 37.0 Å². The molecule has 0 aromatic carbocycles. The van der Waals surface area contributed by atoms with Gasteiger partial charge in [-0.15, -0.1) is 11.3 Å². The van der Waals surface area contributed by atoms with Gasteiger partial charge in [-0.25, -0.2) is 4.98 Å². The highest BCUT2D eigenvalue weighted by molar-refractivity contribution is 7.14. The summed E-state index contributed by atoms with van der Waals surface area (Å²) in [5.41, 5.74) is 0.697. The molecule has 2 aromatic heterocycles.